The first-order valence-corrected chi connectivity index (χ1v) is 6.48. The summed E-state index contributed by atoms with van der Waals surface area (Å²) in [6, 6.07) is 5.01. The van der Waals surface area contributed by atoms with Crippen LogP contribution in [0, 0.1) is 0 Å². The van der Waals surface area contributed by atoms with Crippen molar-refractivity contribution in [1.29, 1.82) is 0 Å². The molecule has 4 nitrogen and oxygen atoms in total. The minimum absolute atomic E-state index is 0.0573. The number of sulfonamides is 1. The molecule has 1 fully saturated rings. The maximum atomic E-state index is 11.3. The Hall–Kier alpha value is -0.780. The quantitative estimate of drug-likeness (QED) is 0.850. The fraction of sp³-hybridized carbons (Fsp3) is 0.333. The fourth-order valence-electron chi connectivity index (χ4n) is 1.30. The third-order valence-corrected chi connectivity index (χ3v) is 3.37. The maximum absolute atomic E-state index is 11.3. The van der Waals surface area contributed by atoms with Gasteiger partial charge in [0.1, 0.15) is 4.90 Å². The molecule has 0 spiro atoms. The van der Waals surface area contributed by atoms with Crippen LogP contribution in [-0.4, -0.2) is 14.5 Å². The van der Waals surface area contributed by atoms with E-state index in [9.17, 15) is 8.42 Å². The summed E-state index contributed by atoms with van der Waals surface area (Å²) in [7, 11) is -3.72. The molecule has 0 saturated heterocycles. The van der Waals surface area contributed by atoms with Crippen LogP contribution in [0.2, 0.25) is 5.02 Å². The van der Waals surface area contributed by atoms with E-state index in [-0.39, 0.29) is 4.90 Å². The minimum atomic E-state index is -3.72. The Bertz CT molecular complexity index is 483. The number of rotatable bonds is 3. The van der Waals surface area contributed by atoms with E-state index in [0.29, 0.717) is 16.8 Å². The van der Waals surface area contributed by atoms with Gasteiger partial charge in [0.2, 0.25) is 10.0 Å². The minimum Gasteiger partial charge on any atom is -0.381 e. The summed E-state index contributed by atoms with van der Waals surface area (Å²) in [5.41, 5.74) is 0.532. The third kappa shape index (κ3) is 2.62. The Morgan fingerprint density at radius 2 is 2.07 bits per heavy atom. The van der Waals surface area contributed by atoms with Crippen molar-refractivity contribution in [3.8, 4) is 0 Å². The Morgan fingerprint density at radius 1 is 1.40 bits per heavy atom. The maximum Gasteiger partial charge on any atom is 0.240 e. The van der Waals surface area contributed by atoms with Crippen molar-refractivity contribution in [2.24, 2.45) is 5.14 Å². The van der Waals surface area contributed by atoms with Crippen LogP contribution >= 0.6 is 11.6 Å². The Morgan fingerprint density at radius 3 is 2.60 bits per heavy atom. The predicted molar refractivity (Wildman–Crippen MR) is 59.5 cm³/mol. The second-order valence-electron chi connectivity index (χ2n) is 3.60. The highest BCUT2D eigenvalue weighted by atomic mass is 35.5. The molecule has 0 aromatic heterocycles. The van der Waals surface area contributed by atoms with Gasteiger partial charge in [0.25, 0.3) is 0 Å². The van der Waals surface area contributed by atoms with E-state index < -0.39 is 10.0 Å². The van der Waals surface area contributed by atoms with Crippen LogP contribution in [0.25, 0.3) is 0 Å². The predicted octanol–water partition coefficient (Wildman–Crippen LogP) is 1.56. The van der Waals surface area contributed by atoms with Crippen molar-refractivity contribution in [3.63, 3.8) is 0 Å². The van der Waals surface area contributed by atoms with Gasteiger partial charge in [-0.3, -0.25) is 0 Å². The molecule has 0 bridgehead atoms. The SMILES string of the molecule is NS(=O)(=O)c1cc(Cl)ccc1NC1CC1. The first-order chi connectivity index (χ1) is 6.97. The van der Waals surface area contributed by atoms with Crippen LogP contribution in [-0.2, 0) is 10.0 Å². The third-order valence-electron chi connectivity index (χ3n) is 2.19. The average molecular weight is 247 g/mol. The highest BCUT2D eigenvalue weighted by Crippen LogP contribution is 2.30. The molecule has 1 saturated carbocycles. The monoisotopic (exact) mass is 246 g/mol. The van der Waals surface area contributed by atoms with Crippen LogP contribution in [0.4, 0.5) is 5.69 Å². The Labute approximate surface area is 93.5 Å². The lowest BCUT2D eigenvalue weighted by molar-refractivity contribution is 0.598. The molecule has 2 rings (SSSR count). The second-order valence-corrected chi connectivity index (χ2v) is 5.57. The molecule has 0 amide bonds. The lowest BCUT2D eigenvalue weighted by atomic mass is 10.3. The number of hydrogen-bond donors (Lipinski definition) is 2. The standard InChI is InChI=1S/C9H11ClN2O2S/c10-6-1-4-8(12-7-2-3-7)9(5-6)15(11,13)14/h1,4-5,7,12H,2-3H2,(H2,11,13,14). The van der Waals surface area contributed by atoms with E-state index in [1.165, 1.54) is 6.07 Å². The second kappa shape index (κ2) is 3.66. The van der Waals surface area contributed by atoms with Crippen molar-refractivity contribution >= 4 is 27.3 Å². The van der Waals surface area contributed by atoms with Gasteiger partial charge in [0.15, 0.2) is 0 Å². The molecular formula is C9H11ClN2O2S. The summed E-state index contributed by atoms with van der Waals surface area (Å²) in [4.78, 5) is 0.0573. The van der Waals surface area contributed by atoms with Crippen LogP contribution in [0.1, 0.15) is 12.8 Å². The van der Waals surface area contributed by atoms with E-state index in [4.69, 9.17) is 16.7 Å². The molecule has 0 aliphatic heterocycles. The van der Waals surface area contributed by atoms with Gasteiger partial charge in [-0.05, 0) is 31.0 Å². The van der Waals surface area contributed by atoms with Gasteiger partial charge >= 0.3 is 0 Å². The van der Waals surface area contributed by atoms with Crippen molar-refractivity contribution in [1.82, 2.24) is 0 Å². The fourth-order valence-corrected chi connectivity index (χ4v) is 2.26. The van der Waals surface area contributed by atoms with Gasteiger partial charge in [-0.15, -0.1) is 0 Å². The number of anilines is 1. The van der Waals surface area contributed by atoms with Gasteiger partial charge in [-0.1, -0.05) is 11.6 Å². The zero-order chi connectivity index (χ0) is 11.1. The number of primary sulfonamides is 1. The van der Waals surface area contributed by atoms with Gasteiger partial charge in [-0.2, -0.15) is 0 Å². The molecule has 1 aliphatic rings. The van der Waals surface area contributed by atoms with Gasteiger partial charge in [0.05, 0.1) is 5.69 Å². The van der Waals surface area contributed by atoms with E-state index in [2.05, 4.69) is 5.32 Å². The number of hydrogen-bond acceptors (Lipinski definition) is 3. The molecule has 3 N–H and O–H groups in total. The smallest absolute Gasteiger partial charge is 0.240 e. The molecule has 6 heteroatoms. The zero-order valence-corrected chi connectivity index (χ0v) is 9.48. The lowest BCUT2D eigenvalue weighted by Gasteiger charge is -2.09. The summed E-state index contributed by atoms with van der Waals surface area (Å²) >= 11 is 5.73. The summed E-state index contributed by atoms with van der Waals surface area (Å²) < 4.78 is 22.6. The largest absolute Gasteiger partial charge is 0.381 e. The lowest BCUT2D eigenvalue weighted by Crippen LogP contribution is -2.15. The Balaban J connectivity index is 2.43. The first-order valence-electron chi connectivity index (χ1n) is 4.56. The average Bonchev–Trinajstić information content (AvgIpc) is 2.90. The van der Waals surface area contributed by atoms with Crippen LogP contribution in [0.3, 0.4) is 0 Å². The summed E-state index contributed by atoms with van der Waals surface area (Å²) in [6.07, 6.45) is 2.12. The van der Waals surface area contributed by atoms with Crippen molar-refractivity contribution < 1.29 is 8.42 Å². The Kier molecular flexibility index (Phi) is 2.62. The molecule has 0 unspecified atom stereocenters. The van der Waals surface area contributed by atoms with Gasteiger partial charge in [0, 0.05) is 11.1 Å². The van der Waals surface area contributed by atoms with Crippen LogP contribution in [0.5, 0.6) is 0 Å². The molecule has 1 aliphatic carbocycles. The van der Waals surface area contributed by atoms with E-state index >= 15 is 0 Å². The van der Waals surface area contributed by atoms with Crippen LogP contribution in [0.15, 0.2) is 23.1 Å². The molecule has 15 heavy (non-hydrogen) atoms. The van der Waals surface area contributed by atoms with Gasteiger partial charge in [-0.25, -0.2) is 13.6 Å². The van der Waals surface area contributed by atoms with Crippen molar-refractivity contribution in [3.05, 3.63) is 23.2 Å². The van der Waals surface area contributed by atoms with Crippen LogP contribution < -0.4 is 10.5 Å². The number of nitrogens with two attached hydrogens (primary N) is 1. The molecule has 0 atom stereocenters. The number of nitrogens with one attached hydrogen (secondary N) is 1. The van der Waals surface area contributed by atoms with Crippen molar-refractivity contribution in [2.45, 2.75) is 23.8 Å². The first kappa shape index (κ1) is 10.7. The number of halogens is 1. The topological polar surface area (TPSA) is 72.2 Å². The molecule has 82 valence electrons. The number of benzene rings is 1. The normalized spacial score (nSPS) is 16.4. The summed E-state index contributed by atoms with van der Waals surface area (Å²) in [6.45, 7) is 0. The molecule has 1 aromatic carbocycles. The van der Waals surface area contributed by atoms with E-state index in [0.717, 1.165) is 12.8 Å². The van der Waals surface area contributed by atoms with E-state index in [1.807, 2.05) is 0 Å². The zero-order valence-electron chi connectivity index (χ0n) is 7.90. The van der Waals surface area contributed by atoms with E-state index in [1.54, 1.807) is 12.1 Å². The summed E-state index contributed by atoms with van der Waals surface area (Å²) in [5, 5.41) is 8.56. The molecular weight excluding hydrogens is 236 g/mol. The highest BCUT2D eigenvalue weighted by molar-refractivity contribution is 7.89. The molecule has 0 heterocycles. The summed E-state index contributed by atoms with van der Waals surface area (Å²) in [5.74, 6) is 0. The molecule has 1 aromatic rings. The molecule has 0 radical (unpaired) electrons. The van der Waals surface area contributed by atoms with Crippen molar-refractivity contribution in [2.75, 3.05) is 5.32 Å². The highest BCUT2D eigenvalue weighted by Gasteiger charge is 2.24. The van der Waals surface area contributed by atoms with Gasteiger partial charge < -0.3 is 5.32 Å².